The predicted molar refractivity (Wildman–Crippen MR) is 123 cm³/mol. The van der Waals surface area contributed by atoms with Crippen LogP contribution in [0.5, 0.6) is 5.75 Å². The van der Waals surface area contributed by atoms with Crippen LogP contribution in [0.2, 0.25) is 0 Å². The van der Waals surface area contributed by atoms with Crippen molar-refractivity contribution in [1.29, 1.82) is 0 Å². The van der Waals surface area contributed by atoms with E-state index in [9.17, 15) is 5.11 Å². The number of aliphatic imine (C=N–C) groups is 1. The van der Waals surface area contributed by atoms with Gasteiger partial charge in [0.2, 0.25) is 0 Å². The zero-order valence-electron chi connectivity index (χ0n) is 17.5. The van der Waals surface area contributed by atoms with Gasteiger partial charge in [-0.25, -0.2) is 0 Å². The molecule has 0 unspecified atom stereocenters. The van der Waals surface area contributed by atoms with Crippen LogP contribution in [0.25, 0.3) is 11.1 Å². The van der Waals surface area contributed by atoms with Gasteiger partial charge in [-0.15, -0.1) is 0 Å². The second-order valence-corrected chi connectivity index (χ2v) is 13.0. The molecule has 30 heavy (non-hydrogen) atoms. The van der Waals surface area contributed by atoms with Gasteiger partial charge >= 0.3 is 37.9 Å². The molecule has 1 N–H and O–H groups in total. The molecule has 2 aromatic rings. The van der Waals surface area contributed by atoms with Gasteiger partial charge < -0.3 is 5.11 Å². The number of rotatable bonds is 4. The van der Waals surface area contributed by atoms with Crippen molar-refractivity contribution in [1.82, 2.24) is 0 Å². The number of halogens is 2. The first-order chi connectivity index (χ1) is 14.6. The molecule has 0 radical (unpaired) electrons. The first-order valence-corrected chi connectivity index (χ1v) is 17.3. The van der Waals surface area contributed by atoms with Crippen LogP contribution in [0.3, 0.4) is 0 Å². The number of phenolic OH excluding ortho intramolecular Hbond substituents is 1. The molecular formula is C25H29Cl2NOZr. The fourth-order valence-corrected chi connectivity index (χ4v) is 6.59. The molecule has 2 aromatic carbocycles. The van der Waals surface area contributed by atoms with E-state index < -0.39 is 20.8 Å². The zero-order chi connectivity index (χ0) is 21.1. The van der Waals surface area contributed by atoms with Gasteiger partial charge in [-0.05, 0) is 91.9 Å². The molecule has 0 amide bonds. The second kappa shape index (κ2) is 9.89. The van der Waals surface area contributed by atoms with E-state index in [1.807, 2.05) is 13.1 Å². The Hall–Kier alpha value is -0.627. The van der Waals surface area contributed by atoms with E-state index in [2.05, 4.69) is 47.5 Å². The van der Waals surface area contributed by atoms with Crippen LogP contribution in [0, 0.1) is 17.8 Å². The van der Waals surface area contributed by atoms with Crippen molar-refractivity contribution in [2.24, 2.45) is 22.7 Å². The number of aromatic hydroxyl groups is 1. The van der Waals surface area contributed by atoms with Crippen molar-refractivity contribution in [3.05, 3.63) is 53.6 Å². The van der Waals surface area contributed by atoms with Crippen LogP contribution >= 0.6 is 17.0 Å². The average Bonchev–Trinajstić information content (AvgIpc) is 2.73. The van der Waals surface area contributed by atoms with Gasteiger partial charge in [0.15, 0.2) is 0 Å². The molecule has 6 rings (SSSR count). The van der Waals surface area contributed by atoms with Gasteiger partial charge in [0.05, 0.1) is 0 Å². The molecule has 4 saturated carbocycles. The minimum absolute atomic E-state index is 0.179. The van der Waals surface area contributed by atoms with E-state index in [0.717, 1.165) is 29.9 Å². The summed E-state index contributed by atoms with van der Waals surface area (Å²) in [6.45, 7) is 2.77. The minimum atomic E-state index is -0.826. The van der Waals surface area contributed by atoms with E-state index in [-0.39, 0.29) is 5.41 Å². The van der Waals surface area contributed by atoms with Gasteiger partial charge in [0, 0.05) is 23.9 Å². The SMILES string of the molecule is CCN=Cc1cc(-c2ccccc2)cc(C23CC4CC(CC(C4)C2)C3)c1O.[Cl][Zr][Cl]. The Bertz CT molecular complexity index is 864. The summed E-state index contributed by atoms with van der Waals surface area (Å²) in [5.41, 5.74) is 4.68. The Morgan fingerprint density at radius 1 is 1.00 bits per heavy atom. The maximum atomic E-state index is 11.3. The molecule has 0 aliphatic heterocycles. The van der Waals surface area contributed by atoms with Crippen molar-refractivity contribution in [3.8, 4) is 16.9 Å². The summed E-state index contributed by atoms with van der Waals surface area (Å²) >= 11 is -0.826. The third-order valence-electron chi connectivity index (χ3n) is 7.27. The van der Waals surface area contributed by atoms with Crippen LogP contribution in [0.4, 0.5) is 0 Å². The predicted octanol–water partition coefficient (Wildman–Crippen LogP) is 7.34. The molecule has 4 fully saturated rings. The normalized spacial score (nSPS) is 29.0. The summed E-state index contributed by atoms with van der Waals surface area (Å²) in [5, 5.41) is 11.3. The first kappa shape index (κ1) is 22.6. The molecule has 0 heterocycles. The molecule has 0 spiro atoms. The van der Waals surface area contributed by atoms with Crippen LogP contribution < -0.4 is 0 Å². The molecule has 158 valence electrons. The molecule has 2 nitrogen and oxygen atoms in total. The summed E-state index contributed by atoms with van der Waals surface area (Å²) in [6, 6.07) is 15.0. The Kier molecular flexibility index (Phi) is 7.44. The number of phenols is 1. The third-order valence-corrected chi connectivity index (χ3v) is 7.27. The van der Waals surface area contributed by atoms with Gasteiger partial charge in [0.1, 0.15) is 5.75 Å². The molecule has 0 saturated heterocycles. The van der Waals surface area contributed by atoms with Crippen molar-refractivity contribution >= 4 is 23.2 Å². The Morgan fingerprint density at radius 2 is 1.57 bits per heavy atom. The molecule has 5 heteroatoms. The van der Waals surface area contributed by atoms with E-state index >= 15 is 0 Å². The van der Waals surface area contributed by atoms with Crippen molar-refractivity contribution in [2.75, 3.05) is 6.54 Å². The van der Waals surface area contributed by atoms with Crippen LogP contribution in [-0.2, 0) is 26.3 Å². The van der Waals surface area contributed by atoms with E-state index in [4.69, 9.17) is 17.0 Å². The summed E-state index contributed by atoms with van der Waals surface area (Å²) in [7, 11) is 9.87. The summed E-state index contributed by atoms with van der Waals surface area (Å²) in [4.78, 5) is 4.44. The molecule has 0 aromatic heterocycles. The van der Waals surface area contributed by atoms with Crippen LogP contribution in [0.15, 0.2) is 47.5 Å². The first-order valence-electron chi connectivity index (χ1n) is 11.0. The monoisotopic (exact) mass is 519 g/mol. The molecule has 4 aliphatic rings. The average molecular weight is 522 g/mol. The standard InChI is InChI=1S/C25H29NO.2ClH.Zr/c1-2-26-16-22-11-21(20-6-4-3-5-7-20)12-23(24(22)27)25-13-17-8-18(14-25)10-19(9-17)15-25;;;/h3-7,11-12,16-19,27H,2,8-10,13-15H2,1H3;2*1H;/q;;;+2/p-2. The maximum absolute atomic E-state index is 11.3. The van der Waals surface area contributed by atoms with E-state index in [0.29, 0.717) is 5.75 Å². The molecule has 4 bridgehead atoms. The Labute approximate surface area is 198 Å². The van der Waals surface area contributed by atoms with E-state index in [1.165, 1.54) is 55.2 Å². The number of nitrogens with zero attached hydrogens (tertiary/aromatic N) is 1. The van der Waals surface area contributed by atoms with Gasteiger partial charge in [-0.2, -0.15) is 0 Å². The Morgan fingerprint density at radius 3 is 2.10 bits per heavy atom. The number of hydrogen-bond donors (Lipinski definition) is 1. The summed E-state index contributed by atoms with van der Waals surface area (Å²) in [5.74, 6) is 3.07. The van der Waals surface area contributed by atoms with Crippen LogP contribution in [0.1, 0.15) is 56.6 Å². The summed E-state index contributed by atoms with van der Waals surface area (Å²) in [6.07, 6.45) is 9.90. The van der Waals surface area contributed by atoms with Crippen LogP contribution in [-0.4, -0.2) is 17.9 Å². The van der Waals surface area contributed by atoms with Crippen molar-refractivity contribution in [3.63, 3.8) is 0 Å². The molecule has 4 aliphatic carbocycles. The molecular weight excluding hydrogens is 492 g/mol. The van der Waals surface area contributed by atoms with Gasteiger partial charge in [0.25, 0.3) is 0 Å². The zero-order valence-corrected chi connectivity index (χ0v) is 21.4. The Balaban J connectivity index is 0.000000687. The fraction of sp³-hybridized carbons (Fsp3) is 0.480. The molecule has 0 atom stereocenters. The van der Waals surface area contributed by atoms with Crippen molar-refractivity contribution < 1.29 is 26.0 Å². The van der Waals surface area contributed by atoms with Crippen molar-refractivity contribution in [2.45, 2.75) is 50.9 Å². The summed E-state index contributed by atoms with van der Waals surface area (Å²) < 4.78 is 0. The van der Waals surface area contributed by atoms with Gasteiger partial charge in [-0.1, -0.05) is 30.3 Å². The second-order valence-electron chi connectivity index (χ2n) is 9.22. The number of hydrogen-bond acceptors (Lipinski definition) is 2. The quantitative estimate of drug-likeness (QED) is 0.420. The number of benzene rings is 2. The fourth-order valence-electron chi connectivity index (χ4n) is 6.59. The third kappa shape index (κ3) is 4.59. The van der Waals surface area contributed by atoms with E-state index in [1.54, 1.807) is 0 Å². The topological polar surface area (TPSA) is 32.6 Å². The van der Waals surface area contributed by atoms with Gasteiger partial charge in [-0.3, -0.25) is 4.99 Å².